The van der Waals surface area contributed by atoms with E-state index >= 15 is 0 Å². The molecule has 3 nitrogen and oxygen atoms in total. The first-order chi connectivity index (χ1) is 9.69. The van der Waals surface area contributed by atoms with E-state index in [1.54, 1.807) is 11.3 Å². The predicted molar refractivity (Wildman–Crippen MR) is 83.4 cm³/mol. The molecule has 3 aromatic rings. The summed E-state index contributed by atoms with van der Waals surface area (Å²) in [4.78, 5) is 4.57. The van der Waals surface area contributed by atoms with Crippen molar-refractivity contribution >= 4 is 33.7 Å². The minimum Gasteiger partial charge on any atom is -0.339 e. The van der Waals surface area contributed by atoms with Crippen molar-refractivity contribution in [3.8, 4) is 6.07 Å². The third kappa shape index (κ3) is 2.13. The van der Waals surface area contributed by atoms with Crippen molar-refractivity contribution in [1.29, 1.82) is 5.26 Å². The normalized spacial score (nSPS) is 11.2. The lowest BCUT2D eigenvalue weighted by molar-refractivity contribution is 0.865. The highest BCUT2D eigenvalue weighted by molar-refractivity contribution is 7.19. The molecule has 0 aliphatic carbocycles. The highest BCUT2D eigenvalue weighted by Gasteiger charge is 2.06. The van der Waals surface area contributed by atoms with E-state index in [-0.39, 0.29) is 0 Å². The lowest BCUT2D eigenvalue weighted by atomic mass is 10.2. The van der Waals surface area contributed by atoms with Gasteiger partial charge in [0.2, 0.25) is 0 Å². The largest absolute Gasteiger partial charge is 0.339 e. The Kier molecular flexibility index (Phi) is 3.13. The number of nitrogens with zero attached hydrogens (tertiary/aromatic N) is 3. The number of rotatable bonds is 2. The van der Waals surface area contributed by atoms with Gasteiger partial charge in [-0.25, -0.2) is 4.98 Å². The van der Waals surface area contributed by atoms with E-state index in [0.717, 1.165) is 21.8 Å². The van der Waals surface area contributed by atoms with E-state index in [1.165, 1.54) is 4.70 Å². The van der Waals surface area contributed by atoms with Crippen LogP contribution in [0.2, 0.25) is 0 Å². The SMILES string of the molecule is Cc1c(C=Cc2nc3ccccc3s2)cc(C#N)n1C. The third-order valence-electron chi connectivity index (χ3n) is 3.40. The van der Waals surface area contributed by atoms with Crippen molar-refractivity contribution in [3.05, 3.63) is 52.3 Å². The van der Waals surface area contributed by atoms with E-state index in [9.17, 15) is 0 Å². The van der Waals surface area contributed by atoms with Crippen LogP contribution < -0.4 is 0 Å². The van der Waals surface area contributed by atoms with Crippen LogP contribution >= 0.6 is 11.3 Å². The second kappa shape index (κ2) is 4.95. The predicted octanol–water partition coefficient (Wildman–Crippen LogP) is 3.99. The minimum atomic E-state index is 0.673. The highest BCUT2D eigenvalue weighted by Crippen LogP contribution is 2.24. The molecule has 0 radical (unpaired) electrons. The van der Waals surface area contributed by atoms with Crippen LogP contribution in [-0.4, -0.2) is 9.55 Å². The van der Waals surface area contributed by atoms with Gasteiger partial charge in [-0.15, -0.1) is 11.3 Å². The van der Waals surface area contributed by atoms with Gasteiger partial charge in [0, 0.05) is 12.7 Å². The van der Waals surface area contributed by atoms with Crippen molar-refractivity contribution in [3.63, 3.8) is 0 Å². The Bertz CT molecular complexity index is 813. The number of hydrogen-bond acceptors (Lipinski definition) is 3. The molecule has 2 heterocycles. The molecule has 4 heteroatoms. The molecule has 2 aromatic heterocycles. The Morgan fingerprint density at radius 2 is 2.10 bits per heavy atom. The molecule has 3 rings (SSSR count). The van der Waals surface area contributed by atoms with Gasteiger partial charge >= 0.3 is 0 Å². The van der Waals surface area contributed by atoms with E-state index in [1.807, 2.05) is 55.0 Å². The molecule has 0 amide bonds. The Labute approximate surface area is 121 Å². The number of para-hydroxylation sites is 1. The second-order valence-corrected chi connectivity index (χ2v) is 5.66. The molecule has 0 aliphatic rings. The summed E-state index contributed by atoms with van der Waals surface area (Å²) in [5.74, 6) is 0. The first-order valence-corrected chi connectivity index (χ1v) is 7.11. The Morgan fingerprint density at radius 1 is 1.30 bits per heavy atom. The van der Waals surface area contributed by atoms with Crippen molar-refractivity contribution < 1.29 is 0 Å². The van der Waals surface area contributed by atoms with Gasteiger partial charge in [-0.2, -0.15) is 5.26 Å². The van der Waals surface area contributed by atoms with E-state index in [4.69, 9.17) is 5.26 Å². The summed E-state index contributed by atoms with van der Waals surface area (Å²) >= 11 is 1.67. The summed E-state index contributed by atoms with van der Waals surface area (Å²) in [6.45, 7) is 2.01. The maximum Gasteiger partial charge on any atom is 0.120 e. The van der Waals surface area contributed by atoms with Crippen LogP contribution in [0.1, 0.15) is 22.0 Å². The molecular weight excluding hydrogens is 266 g/mol. The molecule has 0 fully saturated rings. The number of benzene rings is 1. The fourth-order valence-electron chi connectivity index (χ4n) is 2.12. The zero-order chi connectivity index (χ0) is 14.1. The molecule has 1 aromatic carbocycles. The Hall–Kier alpha value is -2.38. The average molecular weight is 279 g/mol. The molecule has 0 saturated heterocycles. The summed E-state index contributed by atoms with van der Waals surface area (Å²) in [5.41, 5.74) is 3.84. The number of hydrogen-bond donors (Lipinski definition) is 0. The monoisotopic (exact) mass is 279 g/mol. The maximum absolute atomic E-state index is 9.03. The molecule has 0 unspecified atom stereocenters. The van der Waals surface area contributed by atoms with Crippen molar-refractivity contribution in [1.82, 2.24) is 9.55 Å². The van der Waals surface area contributed by atoms with Gasteiger partial charge in [0.25, 0.3) is 0 Å². The fourth-order valence-corrected chi connectivity index (χ4v) is 2.99. The smallest absolute Gasteiger partial charge is 0.120 e. The second-order valence-electron chi connectivity index (χ2n) is 4.59. The van der Waals surface area contributed by atoms with Gasteiger partial charge in [-0.05, 0) is 36.8 Å². The molecule has 0 aliphatic heterocycles. The maximum atomic E-state index is 9.03. The van der Waals surface area contributed by atoms with Gasteiger partial charge in [0.05, 0.1) is 10.2 Å². The minimum absolute atomic E-state index is 0.673. The summed E-state index contributed by atoms with van der Waals surface area (Å²) in [7, 11) is 1.91. The van der Waals surface area contributed by atoms with Gasteiger partial charge in [-0.3, -0.25) is 0 Å². The van der Waals surface area contributed by atoms with Crippen LogP contribution in [-0.2, 0) is 7.05 Å². The van der Waals surface area contributed by atoms with Gasteiger partial charge < -0.3 is 4.57 Å². The van der Waals surface area contributed by atoms with Crippen LogP contribution in [0.3, 0.4) is 0 Å². The molecule has 0 atom stereocenters. The zero-order valence-electron chi connectivity index (χ0n) is 11.3. The molecule has 0 saturated carbocycles. The van der Waals surface area contributed by atoms with Crippen LogP contribution in [0.15, 0.2) is 30.3 Å². The van der Waals surface area contributed by atoms with E-state index in [2.05, 4.69) is 17.1 Å². The van der Waals surface area contributed by atoms with Gasteiger partial charge in [-0.1, -0.05) is 18.2 Å². The van der Waals surface area contributed by atoms with Gasteiger partial charge in [0.1, 0.15) is 16.8 Å². The number of aromatic nitrogens is 2. The van der Waals surface area contributed by atoms with Crippen LogP contribution in [0.25, 0.3) is 22.4 Å². The summed E-state index contributed by atoms with van der Waals surface area (Å²) in [6.07, 6.45) is 4.03. The summed E-state index contributed by atoms with van der Waals surface area (Å²) in [5, 5.41) is 10.0. The topological polar surface area (TPSA) is 41.6 Å². The molecular formula is C16H13N3S. The summed E-state index contributed by atoms with van der Waals surface area (Å²) in [6, 6.07) is 12.2. The van der Waals surface area contributed by atoms with Crippen molar-refractivity contribution in [2.24, 2.45) is 7.05 Å². The lowest BCUT2D eigenvalue weighted by Crippen LogP contribution is -1.93. The highest BCUT2D eigenvalue weighted by atomic mass is 32.1. The molecule has 0 spiro atoms. The van der Waals surface area contributed by atoms with Crippen LogP contribution in [0, 0.1) is 18.3 Å². The lowest BCUT2D eigenvalue weighted by Gasteiger charge is -1.97. The quantitative estimate of drug-likeness (QED) is 0.712. The Morgan fingerprint density at radius 3 is 2.80 bits per heavy atom. The molecule has 0 bridgehead atoms. The zero-order valence-corrected chi connectivity index (χ0v) is 12.1. The first kappa shape index (κ1) is 12.6. The fraction of sp³-hybridized carbons (Fsp3) is 0.125. The number of thiazole rings is 1. The number of nitriles is 1. The molecule has 98 valence electrons. The summed E-state index contributed by atoms with van der Waals surface area (Å²) < 4.78 is 3.09. The molecule has 0 N–H and O–H groups in total. The van der Waals surface area contributed by atoms with Crippen LogP contribution in [0.5, 0.6) is 0 Å². The van der Waals surface area contributed by atoms with Crippen LogP contribution in [0.4, 0.5) is 0 Å². The molecule has 20 heavy (non-hydrogen) atoms. The Balaban J connectivity index is 1.96. The first-order valence-electron chi connectivity index (χ1n) is 6.29. The van der Waals surface area contributed by atoms with Crippen molar-refractivity contribution in [2.75, 3.05) is 0 Å². The van der Waals surface area contributed by atoms with E-state index in [0.29, 0.717) is 5.69 Å². The third-order valence-corrected chi connectivity index (χ3v) is 4.41. The number of fused-ring (bicyclic) bond motifs is 1. The standard InChI is InChI=1S/C16H13N3S/c1-11-12(9-13(10-17)19(11)2)7-8-16-18-14-5-3-4-6-15(14)20-16/h3-9H,1-2H3. The average Bonchev–Trinajstić information content (AvgIpc) is 2.99. The van der Waals surface area contributed by atoms with E-state index < -0.39 is 0 Å². The van der Waals surface area contributed by atoms with Gasteiger partial charge in [0.15, 0.2) is 0 Å². The van der Waals surface area contributed by atoms with Crippen molar-refractivity contribution in [2.45, 2.75) is 6.92 Å².